The Kier molecular flexibility index (Phi) is 5.20. The normalized spacial score (nSPS) is 19.6. The van der Waals surface area contributed by atoms with E-state index < -0.39 is 0 Å². The molecular formula is C16H23N3O2. The second-order valence-corrected chi connectivity index (χ2v) is 5.50. The number of likely N-dealkylation sites (tertiary alicyclic amines) is 1. The molecule has 0 radical (unpaired) electrons. The largest absolute Gasteiger partial charge is 0.409 e. The number of hydrogen-bond acceptors (Lipinski definition) is 3. The van der Waals surface area contributed by atoms with Gasteiger partial charge in [0, 0.05) is 23.7 Å². The molecule has 0 spiro atoms. The maximum atomic E-state index is 12.7. The van der Waals surface area contributed by atoms with Crippen molar-refractivity contribution in [3.05, 3.63) is 35.4 Å². The van der Waals surface area contributed by atoms with Crippen LogP contribution in [0.25, 0.3) is 0 Å². The SMILES string of the molecule is CCCC1CCCCN1C(=O)c1ccc(/C(N)=N/O)cc1. The van der Waals surface area contributed by atoms with Crippen LogP contribution in [-0.4, -0.2) is 34.4 Å². The first-order chi connectivity index (χ1) is 10.2. The topological polar surface area (TPSA) is 78.9 Å². The van der Waals surface area contributed by atoms with Gasteiger partial charge < -0.3 is 15.8 Å². The summed E-state index contributed by atoms with van der Waals surface area (Å²) in [6.07, 6.45) is 5.54. The van der Waals surface area contributed by atoms with Gasteiger partial charge in [-0.15, -0.1) is 0 Å². The standard InChI is InChI=1S/C16H23N3O2/c1-2-5-14-6-3-4-11-19(14)16(20)13-9-7-12(8-10-13)15(17)18-21/h7-10,14,21H,2-6,11H2,1H3,(H2,17,18). The molecular weight excluding hydrogens is 266 g/mol. The highest BCUT2D eigenvalue weighted by Crippen LogP contribution is 2.23. The second-order valence-electron chi connectivity index (χ2n) is 5.50. The predicted octanol–water partition coefficient (Wildman–Crippen LogP) is 2.58. The number of oxime groups is 1. The van der Waals surface area contributed by atoms with Crippen LogP contribution in [-0.2, 0) is 0 Å². The van der Waals surface area contributed by atoms with Crippen molar-refractivity contribution in [1.29, 1.82) is 0 Å². The zero-order valence-corrected chi connectivity index (χ0v) is 12.5. The van der Waals surface area contributed by atoms with Crippen LogP contribution in [0.15, 0.2) is 29.4 Å². The van der Waals surface area contributed by atoms with E-state index in [4.69, 9.17) is 10.9 Å². The lowest BCUT2D eigenvalue weighted by Gasteiger charge is -2.36. The Bertz CT molecular complexity index is 509. The van der Waals surface area contributed by atoms with Crippen molar-refractivity contribution < 1.29 is 10.0 Å². The summed E-state index contributed by atoms with van der Waals surface area (Å²) in [6, 6.07) is 7.27. The van der Waals surface area contributed by atoms with E-state index >= 15 is 0 Å². The summed E-state index contributed by atoms with van der Waals surface area (Å²) in [7, 11) is 0. The molecule has 21 heavy (non-hydrogen) atoms. The molecule has 1 heterocycles. The average molecular weight is 289 g/mol. The van der Waals surface area contributed by atoms with Crippen LogP contribution in [0.2, 0.25) is 0 Å². The molecule has 3 N–H and O–H groups in total. The van der Waals surface area contributed by atoms with Gasteiger partial charge in [0.05, 0.1) is 0 Å². The van der Waals surface area contributed by atoms with Gasteiger partial charge in [-0.3, -0.25) is 4.79 Å². The summed E-state index contributed by atoms with van der Waals surface area (Å²) < 4.78 is 0. The van der Waals surface area contributed by atoms with Gasteiger partial charge in [0.1, 0.15) is 0 Å². The lowest BCUT2D eigenvalue weighted by Crippen LogP contribution is -2.43. The van der Waals surface area contributed by atoms with Gasteiger partial charge in [0.2, 0.25) is 0 Å². The van der Waals surface area contributed by atoms with Gasteiger partial charge in [-0.1, -0.05) is 30.6 Å². The Morgan fingerprint density at radius 3 is 2.62 bits per heavy atom. The molecule has 1 aliphatic rings. The van der Waals surface area contributed by atoms with E-state index in [9.17, 15) is 4.79 Å². The number of carbonyl (C=O) groups is 1. The summed E-state index contributed by atoms with van der Waals surface area (Å²) in [5, 5.41) is 11.6. The number of carbonyl (C=O) groups excluding carboxylic acids is 1. The van der Waals surface area contributed by atoms with Crippen molar-refractivity contribution in [1.82, 2.24) is 4.90 Å². The Morgan fingerprint density at radius 2 is 2.00 bits per heavy atom. The molecule has 0 aromatic heterocycles. The fourth-order valence-electron chi connectivity index (χ4n) is 2.91. The zero-order chi connectivity index (χ0) is 15.2. The maximum absolute atomic E-state index is 12.7. The number of benzene rings is 1. The number of piperidine rings is 1. The van der Waals surface area contributed by atoms with Gasteiger partial charge in [0.15, 0.2) is 5.84 Å². The zero-order valence-electron chi connectivity index (χ0n) is 12.5. The van der Waals surface area contributed by atoms with Crippen LogP contribution in [0.3, 0.4) is 0 Å². The van der Waals surface area contributed by atoms with Crippen LogP contribution in [0.5, 0.6) is 0 Å². The summed E-state index contributed by atoms with van der Waals surface area (Å²) in [5.41, 5.74) is 6.80. The van der Waals surface area contributed by atoms with Crippen molar-refractivity contribution in [2.75, 3.05) is 6.54 Å². The quantitative estimate of drug-likeness (QED) is 0.387. The Labute approximate surface area is 125 Å². The first kappa shape index (κ1) is 15.4. The van der Waals surface area contributed by atoms with E-state index in [-0.39, 0.29) is 11.7 Å². The monoisotopic (exact) mass is 289 g/mol. The third-order valence-electron chi connectivity index (χ3n) is 4.05. The predicted molar refractivity (Wildman–Crippen MR) is 82.5 cm³/mol. The molecule has 1 amide bonds. The summed E-state index contributed by atoms with van der Waals surface area (Å²) >= 11 is 0. The van der Waals surface area contributed by atoms with Crippen LogP contribution in [0, 0.1) is 0 Å². The summed E-state index contributed by atoms with van der Waals surface area (Å²) in [4.78, 5) is 14.7. The highest BCUT2D eigenvalue weighted by Gasteiger charge is 2.26. The minimum Gasteiger partial charge on any atom is -0.409 e. The molecule has 114 valence electrons. The van der Waals surface area contributed by atoms with Gasteiger partial charge >= 0.3 is 0 Å². The molecule has 5 heteroatoms. The first-order valence-corrected chi connectivity index (χ1v) is 7.56. The van der Waals surface area contributed by atoms with E-state index in [0.29, 0.717) is 17.2 Å². The maximum Gasteiger partial charge on any atom is 0.254 e. The van der Waals surface area contributed by atoms with Crippen LogP contribution < -0.4 is 5.73 Å². The third kappa shape index (κ3) is 3.54. The van der Waals surface area contributed by atoms with Crippen molar-refractivity contribution >= 4 is 11.7 Å². The van der Waals surface area contributed by atoms with Crippen molar-refractivity contribution in [3.63, 3.8) is 0 Å². The smallest absolute Gasteiger partial charge is 0.254 e. The average Bonchev–Trinajstić information content (AvgIpc) is 2.54. The molecule has 0 aliphatic carbocycles. The number of nitrogens with zero attached hydrogens (tertiary/aromatic N) is 2. The van der Waals surface area contributed by atoms with E-state index in [1.165, 1.54) is 6.42 Å². The highest BCUT2D eigenvalue weighted by molar-refractivity contribution is 5.99. The van der Waals surface area contributed by atoms with E-state index in [1.807, 2.05) is 4.90 Å². The lowest BCUT2D eigenvalue weighted by molar-refractivity contribution is 0.0600. The highest BCUT2D eigenvalue weighted by atomic mass is 16.4. The van der Waals surface area contributed by atoms with Crippen molar-refractivity contribution in [3.8, 4) is 0 Å². The summed E-state index contributed by atoms with van der Waals surface area (Å²) in [6.45, 7) is 2.99. The van der Waals surface area contributed by atoms with Gasteiger partial charge in [-0.25, -0.2) is 0 Å². The van der Waals surface area contributed by atoms with E-state index in [2.05, 4.69) is 12.1 Å². The van der Waals surface area contributed by atoms with Crippen LogP contribution >= 0.6 is 0 Å². The first-order valence-electron chi connectivity index (χ1n) is 7.56. The van der Waals surface area contributed by atoms with E-state index in [0.717, 1.165) is 32.2 Å². The molecule has 1 fully saturated rings. The fourth-order valence-corrected chi connectivity index (χ4v) is 2.91. The molecule has 1 aliphatic heterocycles. The summed E-state index contributed by atoms with van der Waals surface area (Å²) in [5.74, 6) is 0.134. The van der Waals surface area contributed by atoms with Crippen LogP contribution in [0.4, 0.5) is 0 Å². The minimum atomic E-state index is 0.0517. The second kappa shape index (κ2) is 7.11. The third-order valence-corrected chi connectivity index (χ3v) is 4.05. The Balaban J connectivity index is 2.14. The molecule has 1 unspecified atom stereocenters. The van der Waals surface area contributed by atoms with Crippen LogP contribution in [0.1, 0.15) is 54.9 Å². The minimum absolute atomic E-state index is 0.0517. The van der Waals surface area contributed by atoms with Gasteiger partial charge in [-0.05, 0) is 37.8 Å². The number of amidine groups is 1. The molecule has 1 atom stereocenters. The lowest BCUT2D eigenvalue weighted by atomic mass is 9.97. The molecule has 5 nitrogen and oxygen atoms in total. The van der Waals surface area contributed by atoms with Crippen molar-refractivity contribution in [2.24, 2.45) is 10.9 Å². The molecule has 1 aromatic carbocycles. The molecule has 2 rings (SSSR count). The van der Waals surface area contributed by atoms with Gasteiger partial charge in [-0.2, -0.15) is 0 Å². The molecule has 1 aromatic rings. The molecule has 0 saturated carbocycles. The number of amides is 1. The number of hydrogen-bond donors (Lipinski definition) is 2. The Morgan fingerprint density at radius 1 is 1.33 bits per heavy atom. The van der Waals surface area contributed by atoms with Crippen molar-refractivity contribution in [2.45, 2.75) is 45.1 Å². The number of nitrogens with two attached hydrogens (primary N) is 1. The fraction of sp³-hybridized carbons (Fsp3) is 0.500. The molecule has 1 saturated heterocycles. The Hall–Kier alpha value is -2.04. The molecule has 0 bridgehead atoms. The van der Waals surface area contributed by atoms with Gasteiger partial charge in [0.25, 0.3) is 5.91 Å². The van der Waals surface area contributed by atoms with E-state index in [1.54, 1.807) is 24.3 Å². The number of rotatable bonds is 4.